The normalized spacial score (nSPS) is 15.7. The van der Waals surface area contributed by atoms with Crippen molar-refractivity contribution in [3.63, 3.8) is 0 Å². The second-order valence-corrected chi connectivity index (χ2v) is 6.91. The molecule has 0 aliphatic heterocycles. The number of halogens is 9. The van der Waals surface area contributed by atoms with E-state index in [1.807, 2.05) is 0 Å². The van der Waals surface area contributed by atoms with Crippen molar-refractivity contribution >= 4 is 0 Å². The van der Waals surface area contributed by atoms with Crippen LogP contribution >= 0.6 is 0 Å². The maximum atomic E-state index is 14.1. The molecule has 0 aliphatic carbocycles. The van der Waals surface area contributed by atoms with E-state index in [9.17, 15) is 39.5 Å². The van der Waals surface area contributed by atoms with Gasteiger partial charge in [0.25, 0.3) is 0 Å². The molecule has 166 valence electrons. The monoisotopic (exact) mass is 444 g/mol. The summed E-state index contributed by atoms with van der Waals surface area (Å²) in [4.78, 5) is 0. The minimum Gasteiger partial charge on any atom is -0.374 e. The van der Waals surface area contributed by atoms with E-state index in [1.54, 1.807) is 30.3 Å². The number of hydrogen-bond donors (Lipinski definition) is 0. The highest BCUT2D eigenvalue weighted by Crippen LogP contribution is 2.56. The van der Waals surface area contributed by atoms with Crippen molar-refractivity contribution in [1.82, 2.24) is 0 Å². The Labute approximate surface area is 166 Å². The van der Waals surface area contributed by atoms with Crippen LogP contribution in [-0.4, -0.2) is 31.1 Å². The molecule has 2 rings (SSSR count). The van der Waals surface area contributed by atoms with Gasteiger partial charge in [0.1, 0.15) is 0 Å². The summed E-state index contributed by atoms with van der Waals surface area (Å²) in [6, 6.07) is 14.2. The van der Waals surface area contributed by atoms with E-state index in [-0.39, 0.29) is 5.56 Å². The molecular formula is C20H17F9O. The summed E-state index contributed by atoms with van der Waals surface area (Å²) in [5.41, 5.74) is -0.983. The zero-order valence-electron chi connectivity index (χ0n) is 15.7. The number of alkyl halides is 9. The average molecular weight is 444 g/mol. The van der Waals surface area contributed by atoms with Crippen LogP contribution in [0.2, 0.25) is 0 Å². The molecule has 0 aliphatic rings. The molecule has 30 heavy (non-hydrogen) atoms. The highest BCUT2D eigenvalue weighted by atomic mass is 19.4. The van der Waals surface area contributed by atoms with E-state index < -0.39 is 36.0 Å². The van der Waals surface area contributed by atoms with Crippen LogP contribution in [0.4, 0.5) is 39.5 Å². The zero-order valence-corrected chi connectivity index (χ0v) is 15.7. The fraction of sp³-hybridized carbons (Fsp3) is 0.400. The molecule has 2 aromatic carbocycles. The first-order chi connectivity index (χ1) is 13.6. The minimum absolute atomic E-state index is 0.101. The summed E-state index contributed by atoms with van der Waals surface area (Å²) in [6.45, 7) is 0.903. The quantitative estimate of drug-likeness (QED) is 0.415. The first-order valence-corrected chi connectivity index (χ1v) is 8.50. The van der Waals surface area contributed by atoms with Crippen molar-refractivity contribution in [2.24, 2.45) is 0 Å². The molecule has 10 heteroatoms. The summed E-state index contributed by atoms with van der Waals surface area (Å²) >= 11 is 0. The fourth-order valence-electron chi connectivity index (χ4n) is 2.88. The van der Waals surface area contributed by atoms with Crippen molar-refractivity contribution in [3.05, 3.63) is 60.2 Å². The third kappa shape index (κ3) is 4.14. The summed E-state index contributed by atoms with van der Waals surface area (Å²) in [7, 11) is 0.862. The largest absolute Gasteiger partial charge is 0.460 e. The molecule has 0 saturated carbocycles. The van der Waals surface area contributed by atoms with E-state index in [0.717, 1.165) is 19.6 Å². The number of ether oxygens (including phenoxy) is 1. The predicted molar refractivity (Wildman–Crippen MR) is 91.8 cm³/mol. The van der Waals surface area contributed by atoms with Crippen LogP contribution in [0.1, 0.15) is 18.9 Å². The van der Waals surface area contributed by atoms with Crippen LogP contribution < -0.4 is 0 Å². The van der Waals surface area contributed by atoms with Gasteiger partial charge in [0.2, 0.25) is 0 Å². The van der Waals surface area contributed by atoms with Crippen LogP contribution in [-0.2, 0) is 10.3 Å². The molecule has 0 spiro atoms. The van der Waals surface area contributed by atoms with Gasteiger partial charge in [0.15, 0.2) is 0 Å². The number of rotatable bonds is 7. The Bertz CT molecular complexity index is 845. The SMILES string of the molecule is COC(C)(CC(F)(F)C(F)(F)C(F)(F)C(F)(F)F)c1ccc(-c2ccccc2)cc1. The Kier molecular flexibility index (Phi) is 6.24. The van der Waals surface area contributed by atoms with E-state index in [0.29, 0.717) is 5.56 Å². The average Bonchev–Trinajstić information content (AvgIpc) is 2.67. The van der Waals surface area contributed by atoms with Gasteiger partial charge in [-0.15, -0.1) is 0 Å². The van der Waals surface area contributed by atoms with Gasteiger partial charge in [-0.05, 0) is 23.6 Å². The molecule has 2 aromatic rings. The molecule has 0 saturated heterocycles. The molecule has 1 unspecified atom stereocenters. The molecular weight excluding hydrogens is 427 g/mol. The molecule has 0 fully saturated rings. The molecule has 0 bridgehead atoms. The Hall–Kier alpha value is -2.23. The minimum atomic E-state index is -6.94. The highest BCUT2D eigenvalue weighted by molar-refractivity contribution is 5.63. The summed E-state index contributed by atoms with van der Waals surface area (Å²) in [5.74, 6) is -19.4. The molecule has 0 N–H and O–H groups in total. The van der Waals surface area contributed by atoms with Gasteiger partial charge < -0.3 is 4.74 Å². The zero-order chi connectivity index (χ0) is 23.0. The maximum absolute atomic E-state index is 14.1. The van der Waals surface area contributed by atoms with Crippen LogP contribution in [0.5, 0.6) is 0 Å². The predicted octanol–water partition coefficient (Wildman–Crippen LogP) is 7.07. The van der Waals surface area contributed by atoms with Crippen molar-refractivity contribution in [3.8, 4) is 11.1 Å². The molecule has 0 aromatic heterocycles. The van der Waals surface area contributed by atoms with Gasteiger partial charge in [-0.1, -0.05) is 54.6 Å². The lowest BCUT2D eigenvalue weighted by Gasteiger charge is -2.38. The van der Waals surface area contributed by atoms with Gasteiger partial charge in [0, 0.05) is 7.11 Å². The van der Waals surface area contributed by atoms with Gasteiger partial charge in [-0.2, -0.15) is 39.5 Å². The summed E-state index contributed by atoms with van der Waals surface area (Å²) < 4.78 is 124. The maximum Gasteiger partial charge on any atom is 0.460 e. The standard InChI is InChI=1S/C20H17F9O/c1-16(30-2,12-17(21,22)18(23,24)19(25,26)20(27,28)29)15-10-8-14(9-11-15)13-6-4-3-5-7-13/h3-11H,12H2,1-2H3. The first-order valence-electron chi connectivity index (χ1n) is 8.50. The van der Waals surface area contributed by atoms with Crippen LogP contribution in [0.25, 0.3) is 11.1 Å². The smallest absolute Gasteiger partial charge is 0.374 e. The van der Waals surface area contributed by atoms with Crippen LogP contribution in [0.3, 0.4) is 0 Å². The van der Waals surface area contributed by atoms with Crippen LogP contribution in [0.15, 0.2) is 54.6 Å². The van der Waals surface area contributed by atoms with Crippen molar-refractivity contribution in [2.45, 2.75) is 42.9 Å². The van der Waals surface area contributed by atoms with Crippen molar-refractivity contribution < 1.29 is 44.3 Å². The lowest BCUT2D eigenvalue weighted by molar-refractivity contribution is -0.400. The third-order valence-electron chi connectivity index (χ3n) is 4.82. The van der Waals surface area contributed by atoms with Crippen LogP contribution in [0, 0.1) is 0 Å². The second-order valence-electron chi connectivity index (χ2n) is 6.91. The fourth-order valence-corrected chi connectivity index (χ4v) is 2.88. The van der Waals surface area contributed by atoms with E-state index in [1.165, 1.54) is 24.3 Å². The Morgan fingerprint density at radius 3 is 1.57 bits per heavy atom. The van der Waals surface area contributed by atoms with Crippen molar-refractivity contribution in [2.75, 3.05) is 7.11 Å². The first kappa shape index (κ1) is 24.0. The Morgan fingerprint density at radius 2 is 1.13 bits per heavy atom. The molecule has 1 nitrogen and oxygen atoms in total. The molecule has 1 atom stereocenters. The lowest BCUT2D eigenvalue weighted by atomic mass is 9.85. The summed E-state index contributed by atoms with van der Waals surface area (Å²) in [5, 5.41) is 0. The van der Waals surface area contributed by atoms with Gasteiger partial charge in [0.05, 0.1) is 12.0 Å². The highest BCUT2D eigenvalue weighted by Gasteiger charge is 2.82. The summed E-state index contributed by atoms with van der Waals surface area (Å²) in [6.07, 6.45) is -8.97. The van der Waals surface area contributed by atoms with Gasteiger partial charge in [-0.25, -0.2) is 0 Å². The van der Waals surface area contributed by atoms with Gasteiger partial charge >= 0.3 is 23.9 Å². The number of benzene rings is 2. The molecule has 0 radical (unpaired) electrons. The Morgan fingerprint density at radius 1 is 0.667 bits per heavy atom. The number of methoxy groups -OCH3 is 1. The van der Waals surface area contributed by atoms with Crippen molar-refractivity contribution in [1.29, 1.82) is 0 Å². The third-order valence-corrected chi connectivity index (χ3v) is 4.82. The van der Waals surface area contributed by atoms with E-state index >= 15 is 0 Å². The van der Waals surface area contributed by atoms with E-state index in [4.69, 9.17) is 4.74 Å². The molecule has 0 amide bonds. The van der Waals surface area contributed by atoms with Gasteiger partial charge in [-0.3, -0.25) is 0 Å². The topological polar surface area (TPSA) is 9.23 Å². The van der Waals surface area contributed by atoms with E-state index in [2.05, 4.69) is 0 Å². The molecule has 0 heterocycles. The number of hydrogen-bond acceptors (Lipinski definition) is 1. The second kappa shape index (κ2) is 7.79. The lowest BCUT2D eigenvalue weighted by Crippen LogP contribution is -2.62. The Balaban J connectivity index is 2.38.